The van der Waals surface area contributed by atoms with E-state index in [4.69, 9.17) is 10.5 Å². The fourth-order valence-electron chi connectivity index (χ4n) is 1.14. The third-order valence-corrected chi connectivity index (χ3v) is 1.95. The number of rotatable bonds is 5. The smallest absolute Gasteiger partial charge is 0.123 e. The van der Waals surface area contributed by atoms with Gasteiger partial charge in [0.2, 0.25) is 0 Å². The molecular formula is C10H17N3O. The Bertz CT molecular complexity index is 261. The van der Waals surface area contributed by atoms with E-state index in [2.05, 4.69) is 17.2 Å². The van der Waals surface area contributed by atoms with E-state index in [-0.39, 0.29) is 0 Å². The number of nitrogens with two attached hydrogens (primary N) is 1. The van der Waals surface area contributed by atoms with Gasteiger partial charge >= 0.3 is 0 Å². The Kier molecular flexibility index (Phi) is 4.19. The molecule has 1 rings (SSSR count). The van der Waals surface area contributed by atoms with Crippen LogP contribution < -0.4 is 11.1 Å². The first kappa shape index (κ1) is 10.8. The van der Waals surface area contributed by atoms with E-state index < -0.39 is 0 Å². The summed E-state index contributed by atoms with van der Waals surface area (Å²) in [5, 5.41) is 3.31. The molecule has 0 saturated heterocycles. The number of hydrogen-bond donors (Lipinski definition) is 2. The van der Waals surface area contributed by atoms with E-state index in [1.54, 1.807) is 19.4 Å². The van der Waals surface area contributed by atoms with Crippen LogP contribution in [0.2, 0.25) is 0 Å². The third kappa shape index (κ3) is 3.62. The summed E-state index contributed by atoms with van der Waals surface area (Å²) in [5.41, 5.74) is 6.47. The highest BCUT2D eigenvalue weighted by Crippen LogP contribution is 2.09. The number of methoxy groups -OCH3 is 1. The van der Waals surface area contributed by atoms with Crippen LogP contribution in [0.3, 0.4) is 0 Å². The van der Waals surface area contributed by atoms with Gasteiger partial charge in [-0.3, -0.25) is 0 Å². The molecule has 0 fully saturated rings. The quantitative estimate of drug-likeness (QED) is 0.747. The van der Waals surface area contributed by atoms with E-state index in [0.29, 0.717) is 11.9 Å². The Hall–Kier alpha value is -1.29. The zero-order valence-corrected chi connectivity index (χ0v) is 8.66. The van der Waals surface area contributed by atoms with Crippen molar-refractivity contribution in [3.8, 4) is 0 Å². The summed E-state index contributed by atoms with van der Waals surface area (Å²) in [5.74, 6) is 0.542. The lowest BCUT2D eigenvalue weighted by Crippen LogP contribution is -2.17. The number of hydrogen-bond acceptors (Lipinski definition) is 4. The van der Waals surface area contributed by atoms with Crippen LogP contribution in [0, 0.1) is 0 Å². The molecule has 0 aliphatic heterocycles. The lowest BCUT2D eigenvalue weighted by molar-refractivity contribution is 0.191. The molecule has 14 heavy (non-hydrogen) atoms. The maximum absolute atomic E-state index is 5.48. The van der Waals surface area contributed by atoms with E-state index >= 15 is 0 Å². The highest BCUT2D eigenvalue weighted by atomic mass is 16.5. The van der Waals surface area contributed by atoms with Gasteiger partial charge in [0.15, 0.2) is 0 Å². The Morgan fingerprint density at radius 1 is 1.57 bits per heavy atom. The number of nitrogens with one attached hydrogen (secondary N) is 1. The van der Waals surface area contributed by atoms with Gasteiger partial charge in [0.1, 0.15) is 5.82 Å². The monoisotopic (exact) mass is 195 g/mol. The maximum Gasteiger partial charge on any atom is 0.123 e. The second-order valence-corrected chi connectivity index (χ2v) is 3.30. The Morgan fingerprint density at radius 3 is 2.93 bits per heavy atom. The van der Waals surface area contributed by atoms with Crippen molar-refractivity contribution in [2.45, 2.75) is 19.4 Å². The molecule has 4 heteroatoms. The molecule has 1 heterocycles. The zero-order chi connectivity index (χ0) is 10.4. The highest BCUT2D eigenvalue weighted by Gasteiger charge is 2.01. The number of ether oxygens (including phenoxy) is 1. The molecule has 0 aliphatic carbocycles. The average molecular weight is 195 g/mol. The summed E-state index contributed by atoms with van der Waals surface area (Å²) in [6.45, 7) is 2.87. The first-order valence-corrected chi connectivity index (χ1v) is 4.69. The molecule has 0 radical (unpaired) electrons. The van der Waals surface area contributed by atoms with Crippen molar-refractivity contribution < 1.29 is 4.74 Å². The van der Waals surface area contributed by atoms with Crippen molar-refractivity contribution in [2.75, 3.05) is 24.8 Å². The minimum atomic E-state index is 0.375. The van der Waals surface area contributed by atoms with Gasteiger partial charge in [0.05, 0.1) is 11.9 Å². The normalized spacial score (nSPS) is 12.4. The lowest BCUT2D eigenvalue weighted by atomic mass is 10.2. The molecule has 1 atom stereocenters. The van der Waals surface area contributed by atoms with Crippen LogP contribution in [-0.4, -0.2) is 24.7 Å². The summed E-state index contributed by atoms with van der Waals surface area (Å²) in [4.78, 5) is 4.00. The van der Waals surface area contributed by atoms with Gasteiger partial charge in [-0.1, -0.05) is 0 Å². The third-order valence-electron chi connectivity index (χ3n) is 1.95. The molecule has 4 nitrogen and oxygen atoms in total. The molecule has 0 spiro atoms. The number of nitrogens with zero attached hydrogens (tertiary/aromatic N) is 1. The second-order valence-electron chi connectivity index (χ2n) is 3.30. The first-order valence-electron chi connectivity index (χ1n) is 4.69. The van der Waals surface area contributed by atoms with Gasteiger partial charge in [0.25, 0.3) is 0 Å². The number of nitrogen functional groups attached to an aromatic ring is 1. The van der Waals surface area contributed by atoms with Gasteiger partial charge in [-0.2, -0.15) is 0 Å². The molecular weight excluding hydrogens is 178 g/mol. The Balaban J connectivity index is 2.39. The summed E-state index contributed by atoms with van der Waals surface area (Å²) in [6.07, 6.45) is 2.71. The van der Waals surface area contributed by atoms with Crippen molar-refractivity contribution in [2.24, 2.45) is 0 Å². The van der Waals surface area contributed by atoms with Crippen LogP contribution in [0.25, 0.3) is 0 Å². The van der Waals surface area contributed by atoms with E-state index in [1.807, 2.05) is 6.07 Å². The van der Waals surface area contributed by atoms with E-state index in [1.165, 1.54) is 0 Å². The molecule has 0 aliphatic rings. The van der Waals surface area contributed by atoms with Gasteiger partial charge in [0, 0.05) is 19.8 Å². The first-order chi connectivity index (χ1) is 6.72. The SMILES string of the molecule is COCCC(C)Nc1ccc(N)nc1. The molecule has 3 N–H and O–H groups in total. The van der Waals surface area contributed by atoms with Crippen molar-refractivity contribution in [1.29, 1.82) is 0 Å². The largest absolute Gasteiger partial charge is 0.385 e. The minimum Gasteiger partial charge on any atom is -0.385 e. The highest BCUT2D eigenvalue weighted by molar-refractivity contribution is 5.45. The van der Waals surface area contributed by atoms with Crippen LogP contribution in [0.1, 0.15) is 13.3 Å². The molecule has 0 aromatic carbocycles. The van der Waals surface area contributed by atoms with Crippen LogP contribution >= 0.6 is 0 Å². The molecule has 0 bridgehead atoms. The molecule has 1 aromatic rings. The zero-order valence-electron chi connectivity index (χ0n) is 8.66. The summed E-state index contributed by atoms with van der Waals surface area (Å²) in [6, 6.07) is 4.08. The van der Waals surface area contributed by atoms with Crippen molar-refractivity contribution in [1.82, 2.24) is 4.98 Å². The molecule has 0 saturated carbocycles. The predicted molar refractivity (Wildman–Crippen MR) is 58.2 cm³/mol. The van der Waals surface area contributed by atoms with E-state index in [9.17, 15) is 0 Å². The topological polar surface area (TPSA) is 60.2 Å². The predicted octanol–water partition coefficient (Wildman–Crippen LogP) is 1.50. The number of pyridine rings is 1. The number of aromatic nitrogens is 1. The van der Waals surface area contributed by atoms with Crippen LogP contribution in [0.4, 0.5) is 11.5 Å². The molecule has 0 amide bonds. The molecule has 78 valence electrons. The summed E-state index contributed by atoms with van der Waals surface area (Å²) >= 11 is 0. The van der Waals surface area contributed by atoms with Gasteiger partial charge < -0.3 is 15.8 Å². The van der Waals surface area contributed by atoms with Crippen molar-refractivity contribution in [3.63, 3.8) is 0 Å². The van der Waals surface area contributed by atoms with Crippen LogP contribution in [-0.2, 0) is 4.74 Å². The minimum absolute atomic E-state index is 0.375. The van der Waals surface area contributed by atoms with Crippen molar-refractivity contribution in [3.05, 3.63) is 18.3 Å². The summed E-state index contributed by atoms with van der Waals surface area (Å²) in [7, 11) is 1.71. The average Bonchev–Trinajstić information content (AvgIpc) is 2.18. The van der Waals surface area contributed by atoms with Crippen LogP contribution in [0.15, 0.2) is 18.3 Å². The second kappa shape index (κ2) is 5.44. The van der Waals surface area contributed by atoms with Gasteiger partial charge in [-0.25, -0.2) is 4.98 Å². The van der Waals surface area contributed by atoms with Crippen LogP contribution in [0.5, 0.6) is 0 Å². The number of anilines is 2. The molecule has 1 aromatic heterocycles. The fraction of sp³-hybridized carbons (Fsp3) is 0.500. The van der Waals surface area contributed by atoms with Gasteiger partial charge in [-0.15, -0.1) is 0 Å². The Morgan fingerprint density at radius 2 is 2.36 bits per heavy atom. The van der Waals surface area contributed by atoms with Gasteiger partial charge in [-0.05, 0) is 25.5 Å². The lowest BCUT2D eigenvalue weighted by Gasteiger charge is -2.14. The fourth-order valence-corrected chi connectivity index (χ4v) is 1.14. The standard InChI is InChI=1S/C10H17N3O/c1-8(5-6-14-2)13-9-3-4-10(11)12-7-9/h3-4,7-8,13H,5-6H2,1-2H3,(H2,11,12). The van der Waals surface area contributed by atoms with Crippen molar-refractivity contribution >= 4 is 11.5 Å². The molecule has 1 unspecified atom stereocenters. The maximum atomic E-state index is 5.48. The summed E-state index contributed by atoms with van der Waals surface area (Å²) < 4.78 is 4.99. The van der Waals surface area contributed by atoms with E-state index in [0.717, 1.165) is 18.7 Å². The Labute approximate surface area is 84.5 Å².